The molecule has 0 N–H and O–H groups in total. The largest absolute Gasteiger partial charge is 0.443 e. The van der Waals surface area contributed by atoms with Gasteiger partial charge in [-0.3, -0.25) is 4.52 Å². The van der Waals surface area contributed by atoms with Crippen molar-refractivity contribution in [3.8, 4) is 11.5 Å². The molecular weight excluding hydrogens is 574 g/mol. The van der Waals surface area contributed by atoms with Gasteiger partial charge < -0.3 is 13.6 Å². The molecule has 0 aromatic heterocycles. The van der Waals surface area contributed by atoms with Gasteiger partial charge in [0.2, 0.25) is 0 Å². The Bertz CT molecular complexity index is 1390. The Morgan fingerprint density at radius 1 is 0.930 bits per heavy atom. The molecule has 3 aromatic rings. The van der Waals surface area contributed by atoms with E-state index >= 15 is 0 Å². The fourth-order valence-electron chi connectivity index (χ4n) is 5.75. The maximum atomic E-state index is 14.3. The summed E-state index contributed by atoms with van der Waals surface area (Å²) in [6.07, 6.45) is 11.2. The van der Waals surface area contributed by atoms with Gasteiger partial charge in [-0.25, -0.2) is 4.57 Å². The van der Waals surface area contributed by atoms with Crippen LogP contribution in [0.5, 0.6) is 11.5 Å². The molecule has 0 amide bonds. The van der Waals surface area contributed by atoms with Crippen LogP contribution in [-0.4, -0.2) is 14.2 Å². The molecule has 0 saturated heterocycles. The molecule has 0 radical (unpaired) electrons. The van der Waals surface area contributed by atoms with Crippen molar-refractivity contribution in [2.45, 2.75) is 90.4 Å². The summed E-state index contributed by atoms with van der Waals surface area (Å²) in [6.45, 7) is 8.96. The van der Waals surface area contributed by atoms with Crippen LogP contribution in [0.2, 0.25) is 0 Å². The summed E-state index contributed by atoms with van der Waals surface area (Å²) in [5.74, 6) is 1.32. The quantitative estimate of drug-likeness (QED) is 0.0959. The number of unbranched alkanes of at least 4 members (excludes halogenated alkanes) is 3. The van der Waals surface area contributed by atoms with Crippen LogP contribution < -0.4 is 19.7 Å². The van der Waals surface area contributed by atoms with Crippen LogP contribution in [0.3, 0.4) is 0 Å². The molecule has 3 unspecified atom stereocenters. The summed E-state index contributed by atoms with van der Waals surface area (Å²) in [4.78, 5) is 0. The second kappa shape index (κ2) is 15.5. The van der Waals surface area contributed by atoms with Gasteiger partial charge in [0.1, 0.15) is 11.5 Å². The van der Waals surface area contributed by atoms with Gasteiger partial charge in [0.25, 0.3) is 8.38 Å². The predicted octanol–water partition coefficient (Wildman–Crippen LogP) is 10.4. The standard InChI is InChI=1S/C36H48O5P2/c1-7-8-9-16-24-36(3,4)30-26-33(40-42(38-5)31-20-12-10-13-21-31)35(29-19-17-18-28(2)25-29)34(27-30)41-43(37,39-6)32-22-14-11-15-23-32/h10-15,20-23,25-27,29H,7-9,16-19,24H2,1-6H3. The highest BCUT2D eigenvalue weighted by molar-refractivity contribution is 7.62. The summed E-state index contributed by atoms with van der Waals surface area (Å²) >= 11 is 0. The molecular formula is C36H48O5P2. The van der Waals surface area contributed by atoms with E-state index in [4.69, 9.17) is 18.1 Å². The third-order valence-electron chi connectivity index (χ3n) is 8.33. The van der Waals surface area contributed by atoms with Gasteiger partial charge in [-0.05, 0) is 80.0 Å². The van der Waals surface area contributed by atoms with Crippen LogP contribution in [0.25, 0.3) is 0 Å². The highest BCUT2D eigenvalue weighted by atomic mass is 31.2. The summed E-state index contributed by atoms with van der Waals surface area (Å²) in [7, 11) is -1.96. The molecule has 0 saturated carbocycles. The highest BCUT2D eigenvalue weighted by Crippen LogP contribution is 2.54. The monoisotopic (exact) mass is 622 g/mol. The van der Waals surface area contributed by atoms with Crippen LogP contribution in [0, 0.1) is 0 Å². The van der Waals surface area contributed by atoms with Crippen molar-refractivity contribution >= 4 is 26.6 Å². The van der Waals surface area contributed by atoms with E-state index in [1.807, 2.05) is 48.5 Å². The van der Waals surface area contributed by atoms with Gasteiger partial charge in [0.15, 0.2) is 0 Å². The molecule has 0 fully saturated rings. The third-order valence-corrected chi connectivity index (χ3v) is 11.6. The first-order valence-electron chi connectivity index (χ1n) is 15.5. The van der Waals surface area contributed by atoms with Crippen molar-refractivity contribution in [2.24, 2.45) is 0 Å². The maximum absolute atomic E-state index is 14.3. The molecule has 0 spiro atoms. The molecule has 0 aliphatic heterocycles. The van der Waals surface area contributed by atoms with E-state index in [2.05, 4.69) is 45.9 Å². The van der Waals surface area contributed by atoms with Crippen LogP contribution in [0.1, 0.15) is 96.1 Å². The lowest BCUT2D eigenvalue weighted by atomic mass is 9.78. The Kier molecular flexibility index (Phi) is 12.1. The number of hydrogen-bond acceptors (Lipinski definition) is 5. The van der Waals surface area contributed by atoms with Crippen LogP contribution in [0.15, 0.2) is 84.4 Å². The van der Waals surface area contributed by atoms with Gasteiger partial charge in [0, 0.05) is 31.0 Å². The second-order valence-electron chi connectivity index (χ2n) is 12.1. The first kappa shape index (κ1) is 33.5. The fraction of sp³-hybridized carbons (Fsp3) is 0.444. The van der Waals surface area contributed by atoms with Crippen molar-refractivity contribution in [3.05, 3.63) is 95.6 Å². The Hall–Kier alpha value is -2.42. The molecule has 0 heterocycles. The zero-order valence-electron chi connectivity index (χ0n) is 26.7. The number of benzene rings is 3. The minimum atomic E-state index is -3.69. The lowest BCUT2D eigenvalue weighted by molar-refractivity contribution is 0.330. The third kappa shape index (κ3) is 8.61. The SMILES string of the molecule is CCCCCCC(C)(C)c1cc(OP(OC)c2ccccc2)c(C2C=C(C)CCC2)c(OP(=O)(OC)c2ccccc2)c1. The molecule has 4 rings (SSSR count). The zero-order chi connectivity index (χ0) is 30.9. The van der Waals surface area contributed by atoms with E-state index in [1.165, 1.54) is 31.9 Å². The molecule has 232 valence electrons. The lowest BCUT2D eigenvalue weighted by Gasteiger charge is -2.32. The first-order chi connectivity index (χ1) is 20.7. The Balaban J connectivity index is 1.90. The summed E-state index contributed by atoms with van der Waals surface area (Å²) in [6, 6.07) is 23.5. The van der Waals surface area contributed by atoms with E-state index in [0.29, 0.717) is 11.1 Å². The average molecular weight is 623 g/mol. The normalized spacial score (nSPS) is 17.5. The summed E-state index contributed by atoms with van der Waals surface area (Å²) < 4.78 is 39.4. The van der Waals surface area contributed by atoms with E-state index in [1.54, 1.807) is 19.2 Å². The molecule has 3 atom stereocenters. The molecule has 3 aromatic carbocycles. The van der Waals surface area contributed by atoms with Crippen molar-refractivity contribution < 1.29 is 22.7 Å². The fourth-order valence-corrected chi connectivity index (χ4v) is 8.23. The molecule has 5 nitrogen and oxygen atoms in total. The first-order valence-corrected chi connectivity index (χ1v) is 18.3. The lowest BCUT2D eigenvalue weighted by Crippen LogP contribution is -2.19. The molecule has 43 heavy (non-hydrogen) atoms. The van der Waals surface area contributed by atoms with Crippen molar-refractivity contribution in [1.29, 1.82) is 0 Å². The van der Waals surface area contributed by atoms with Crippen molar-refractivity contribution in [3.63, 3.8) is 0 Å². The van der Waals surface area contributed by atoms with Crippen LogP contribution in [0.4, 0.5) is 0 Å². The van der Waals surface area contributed by atoms with E-state index < -0.39 is 16.0 Å². The highest BCUT2D eigenvalue weighted by Gasteiger charge is 2.34. The number of allylic oxidation sites excluding steroid dienone is 2. The smallest absolute Gasteiger partial charge is 0.410 e. The topological polar surface area (TPSA) is 54.0 Å². The minimum Gasteiger partial charge on any atom is -0.443 e. The van der Waals surface area contributed by atoms with Gasteiger partial charge >= 0.3 is 7.60 Å². The minimum absolute atomic E-state index is 0.0472. The van der Waals surface area contributed by atoms with Crippen LogP contribution in [-0.2, 0) is 19.0 Å². The molecule has 1 aliphatic rings. The van der Waals surface area contributed by atoms with Crippen molar-refractivity contribution in [2.75, 3.05) is 14.2 Å². The summed E-state index contributed by atoms with van der Waals surface area (Å²) in [5, 5.41) is 1.51. The molecule has 7 heteroatoms. The van der Waals surface area contributed by atoms with E-state index in [9.17, 15) is 4.57 Å². The predicted molar refractivity (Wildman–Crippen MR) is 181 cm³/mol. The van der Waals surface area contributed by atoms with Crippen molar-refractivity contribution in [1.82, 2.24) is 0 Å². The Labute approximate surface area is 260 Å². The molecule has 0 bridgehead atoms. The van der Waals surface area contributed by atoms with E-state index in [-0.39, 0.29) is 11.3 Å². The number of hydrogen-bond donors (Lipinski definition) is 0. The molecule has 1 aliphatic carbocycles. The summed E-state index contributed by atoms with van der Waals surface area (Å²) in [5.41, 5.74) is 3.17. The van der Waals surface area contributed by atoms with Gasteiger partial charge in [0.05, 0.1) is 5.30 Å². The average Bonchev–Trinajstić information content (AvgIpc) is 3.02. The Morgan fingerprint density at radius 3 is 2.23 bits per heavy atom. The van der Waals surface area contributed by atoms with E-state index in [0.717, 1.165) is 54.3 Å². The Morgan fingerprint density at radius 2 is 1.60 bits per heavy atom. The maximum Gasteiger partial charge on any atom is 0.410 e. The second-order valence-corrected chi connectivity index (χ2v) is 15.7. The van der Waals surface area contributed by atoms with Gasteiger partial charge in [-0.1, -0.05) is 94.5 Å². The van der Waals surface area contributed by atoms with Gasteiger partial charge in [-0.15, -0.1) is 0 Å². The zero-order valence-corrected chi connectivity index (χ0v) is 28.5. The van der Waals surface area contributed by atoms with Gasteiger partial charge in [-0.2, -0.15) is 0 Å². The van der Waals surface area contributed by atoms with Crippen LogP contribution >= 0.6 is 16.0 Å². The number of rotatable bonds is 15.